The van der Waals surface area contributed by atoms with Crippen molar-refractivity contribution in [1.29, 1.82) is 0 Å². The molecule has 0 radical (unpaired) electrons. The lowest BCUT2D eigenvalue weighted by atomic mass is 9.83. The second kappa shape index (κ2) is 30.9. The van der Waals surface area contributed by atoms with Crippen molar-refractivity contribution in [2.75, 3.05) is 65.6 Å². The number of ether oxygens (including phenoxy) is 4. The summed E-state index contributed by atoms with van der Waals surface area (Å²) in [5.74, 6) is -0.569. The van der Waals surface area contributed by atoms with E-state index in [-0.39, 0.29) is 60.7 Å². The summed E-state index contributed by atoms with van der Waals surface area (Å²) in [6.45, 7) is 10.5. The highest BCUT2D eigenvalue weighted by Gasteiger charge is 2.48. The van der Waals surface area contributed by atoms with Gasteiger partial charge in [0.15, 0.2) is 0 Å². The second-order valence-corrected chi connectivity index (χ2v) is 22.3. The van der Waals surface area contributed by atoms with Gasteiger partial charge in [-0.15, -0.1) is 0 Å². The van der Waals surface area contributed by atoms with E-state index in [0.29, 0.717) is 50.3 Å². The molecule has 3 aliphatic rings. The van der Waals surface area contributed by atoms with Crippen LogP contribution in [0.15, 0.2) is 109 Å². The third-order valence-electron chi connectivity index (χ3n) is 16.8. The van der Waals surface area contributed by atoms with Crippen molar-refractivity contribution in [1.82, 2.24) is 15.1 Å². The summed E-state index contributed by atoms with van der Waals surface area (Å²) in [6.07, 6.45) is 10.8. The fourth-order valence-electron chi connectivity index (χ4n) is 12.7. The lowest BCUT2D eigenvalue weighted by Gasteiger charge is -2.30. The Balaban J connectivity index is 0.000000239. The highest BCUT2D eigenvalue weighted by Crippen LogP contribution is 2.43. The number of benzene rings is 5. The lowest BCUT2D eigenvalue weighted by molar-refractivity contribution is -0.144. The van der Waals surface area contributed by atoms with E-state index in [0.717, 1.165) is 121 Å². The Morgan fingerprint density at radius 2 is 1.24 bits per heavy atom. The summed E-state index contributed by atoms with van der Waals surface area (Å²) in [4.78, 5) is 58.7. The normalized spacial score (nSPS) is 19.4. The first-order valence-corrected chi connectivity index (χ1v) is 29.6. The Hall–Kier alpha value is -6.97. The van der Waals surface area contributed by atoms with Crippen LogP contribution in [0.5, 0.6) is 23.0 Å². The maximum Gasteiger partial charge on any atom is 0.308 e. The quantitative estimate of drug-likeness (QED) is 0.0434. The van der Waals surface area contributed by atoms with Gasteiger partial charge in [0.25, 0.3) is 0 Å². The third-order valence-corrected chi connectivity index (χ3v) is 16.8. The Morgan fingerprint density at radius 1 is 0.683 bits per heavy atom. The lowest BCUT2D eigenvalue weighted by Crippen LogP contribution is -2.45. The average molecular weight is 1130 g/mol. The standard InChI is InChI=1S/C36H43FN2O5.C31H44N2O5/c1-4-5-18-39(28-14-15-30(37)24(2)20-28)34(40)23-38-22-29(26-13-16-33-27(21-26)17-19-44-33)35(36(41)42)31(38)11-8-10-25-9-6-7-12-32(25)43-3;1-5-10-24(11-6-2)32-29(34)21-33-20-26(22-16-18-25(37-3)19-17-22)30(31(35)36)27(33)14-9-13-23-12-7-8-15-28(23)38-4/h6-7,9,12-16,20-21,29,31,35H,4-5,8,10-11,17-19,22-23H2,1-3H3,(H,41,42);7-8,12,15-19,24,26-27,30H,5-6,9-11,13-14,20-21H2,1-4H3,(H,32,34)(H,35,36)/t29-,31+,35-;26-,27+,30-/m11/s1. The maximum atomic E-state index is 14.1. The topological polar surface area (TPSA) is 167 Å². The molecule has 82 heavy (non-hydrogen) atoms. The molecule has 0 unspecified atom stereocenters. The molecule has 442 valence electrons. The molecule has 0 spiro atoms. The number of nitrogens with zero attached hydrogens (tertiary/aromatic N) is 3. The largest absolute Gasteiger partial charge is 0.497 e. The van der Waals surface area contributed by atoms with Crippen molar-refractivity contribution < 1.29 is 52.7 Å². The molecule has 6 atom stereocenters. The zero-order chi connectivity index (χ0) is 58.7. The minimum atomic E-state index is -0.846. The summed E-state index contributed by atoms with van der Waals surface area (Å²) in [6, 6.07) is 33.9. The summed E-state index contributed by atoms with van der Waals surface area (Å²) in [5, 5.41) is 24.2. The Morgan fingerprint density at radius 3 is 1.78 bits per heavy atom. The van der Waals surface area contributed by atoms with Crippen LogP contribution in [0.4, 0.5) is 10.1 Å². The number of carbonyl (C=O) groups is 4. The molecule has 0 saturated carbocycles. The van der Waals surface area contributed by atoms with Gasteiger partial charge in [-0.3, -0.25) is 29.0 Å². The number of halogens is 1. The van der Waals surface area contributed by atoms with Gasteiger partial charge in [-0.2, -0.15) is 0 Å². The average Bonchev–Trinajstić information content (AvgIpc) is 3.87. The van der Waals surface area contributed by atoms with E-state index in [1.54, 1.807) is 45.3 Å². The number of hydrogen-bond donors (Lipinski definition) is 3. The van der Waals surface area contributed by atoms with Crippen LogP contribution in [-0.2, 0) is 38.4 Å². The van der Waals surface area contributed by atoms with E-state index in [2.05, 4.69) is 48.0 Å². The predicted octanol–water partition coefficient (Wildman–Crippen LogP) is 11.7. The van der Waals surface area contributed by atoms with Crippen LogP contribution in [0.2, 0.25) is 0 Å². The number of carboxylic acids is 2. The van der Waals surface area contributed by atoms with Crippen molar-refractivity contribution in [3.05, 3.63) is 148 Å². The molecule has 2 amide bonds. The number of anilines is 1. The zero-order valence-corrected chi connectivity index (χ0v) is 49.2. The van der Waals surface area contributed by atoms with Crippen LogP contribution in [0.1, 0.15) is 130 Å². The first-order valence-electron chi connectivity index (χ1n) is 29.6. The van der Waals surface area contributed by atoms with Crippen LogP contribution in [0, 0.1) is 24.6 Å². The fraction of sp³-hybridized carbons (Fsp3) is 0.493. The molecule has 3 heterocycles. The number of carboxylic acid groups (broad SMARTS) is 2. The van der Waals surface area contributed by atoms with Crippen molar-refractivity contribution in [2.24, 2.45) is 11.8 Å². The number of hydrogen-bond acceptors (Lipinski definition) is 10. The molecule has 0 bridgehead atoms. The van der Waals surface area contributed by atoms with Crippen LogP contribution in [0.25, 0.3) is 0 Å². The van der Waals surface area contributed by atoms with E-state index < -0.39 is 23.8 Å². The molecule has 5 aromatic carbocycles. The molecular weight excluding hydrogens is 1040 g/mol. The Labute approximate surface area is 485 Å². The van der Waals surface area contributed by atoms with Crippen LogP contribution < -0.4 is 29.2 Å². The summed E-state index contributed by atoms with van der Waals surface area (Å²) in [5.41, 5.74) is 6.38. The van der Waals surface area contributed by atoms with Gasteiger partial charge < -0.3 is 39.4 Å². The number of methoxy groups -OCH3 is 3. The number of likely N-dealkylation sites (tertiary alicyclic amines) is 2. The first kappa shape index (κ1) is 62.6. The molecule has 15 heteroatoms. The van der Waals surface area contributed by atoms with Gasteiger partial charge in [0.2, 0.25) is 11.8 Å². The molecule has 14 nitrogen and oxygen atoms in total. The van der Waals surface area contributed by atoms with Gasteiger partial charge in [-0.25, -0.2) is 4.39 Å². The predicted molar refractivity (Wildman–Crippen MR) is 319 cm³/mol. The van der Waals surface area contributed by atoms with E-state index in [1.807, 2.05) is 78.9 Å². The molecule has 5 aromatic rings. The third kappa shape index (κ3) is 16.2. The summed E-state index contributed by atoms with van der Waals surface area (Å²) < 4.78 is 36.2. The number of aliphatic carboxylic acids is 2. The van der Waals surface area contributed by atoms with Crippen LogP contribution in [0.3, 0.4) is 0 Å². The number of fused-ring (bicyclic) bond motifs is 1. The number of rotatable bonds is 28. The second-order valence-electron chi connectivity index (χ2n) is 22.3. The van der Waals surface area contributed by atoms with Crippen molar-refractivity contribution in [3.63, 3.8) is 0 Å². The molecule has 3 aliphatic heterocycles. The van der Waals surface area contributed by atoms with Crippen LogP contribution >= 0.6 is 0 Å². The molecule has 2 fully saturated rings. The monoisotopic (exact) mass is 1130 g/mol. The van der Waals surface area contributed by atoms with E-state index in [4.69, 9.17) is 18.9 Å². The number of para-hydroxylation sites is 2. The maximum absolute atomic E-state index is 14.1. The summed E-state index contributed by atoms with van der Waals surface area (Å²) >= 11 is 0. The van der Waals surface area contributed by atoms with Gasteiger partial charge in [0.1, 0.15) is 28.8 Å². The first-order chi connectivity index (χ1) is 39.7. The molecule has 0 aliphatic carbocycles. The smallest absolute Gasteiger partial charge is 0.308 e. The van der Waals surface area contributed by atoms with E-state index in [1.165, 1.54) is 6.07 Å². The minimum absolute atomic E-state index is 0.0221. The number of carbonyl (C=O) groups excluding carboxylic acids is 2. The molecule has 3 N–H and O–H groups in total. The number of amides is 2. The highest BCUT2D eigenvalue weighted by molar-refractivity contribution is 5.95. The number of aryl methyl sites for hydroxylation is 3. The Bertz CT molecular complexity index is 2880. The fourth-order valence-corrected chi connectivity index (χ4v) is 12.7. The van der Waals surface area contributed by atoms with Crippen LogP contribution in [-0.4, -0.2) is 123 Å². The van der Waals surface area contributed by atoms with E-state index >= 15 is 0 Å². The van der Waals surface area contributed by atoms with Crippen molar-refractivity contribution >= 4 is 29.4 Å². The SMILES string of the molecule is CCCC(CCC)NC(=O)CN1C[C@H](c2ccc(OC)cc2)[C@@H](C(=O)O)[C@@H]1CCCc1ccccc1OC.CCCCN(C(=O)CN1C[C@H](c2ccc3c(c2)CCO3)[C@@H](C(=O)O)[C@@H]1CCCc1ccccc1OC)c1ccc(F)c(C)c1. The van der Waals surface area contributed by atoms with Gasteiger partial charge in [-0.1, -0.05) is 101 Å². The summed E-state index contributed by atoms with van der Waals surface area (Å²) in [7, 11) is 4.94. The van der Waals surface area contributed by atoms with E-state index in [9.17, 15) is 33.8 Å². The number of nitrogens with one attached hydrogen (secondary N) is 1. The number of unbranched alkanes of at least 4 members (excludes halogenated alkanes) is 1. The van der Waals surface area contributed by atoms with Gasteiger partial charge >= 0.3 is 11.9 Å². The van der Waals surface area contributed by atoms with Gasteiger partial charge in [-0.05, 0) is 147 Å². The molecule has 8 rings (SSSR count). The zero-order valence-electron chi connectivity index (χ0n) is 49.2. The molecular formula is C67H87FN4O10. The van der Waals surface area contributed by atoms with Gasteiger partial charge in [0.05, 0.1) is 52.9 Å². The highest BCUT2D eigenvalue weighted by atomic mass is 19.1. The molecule has 2 saturated heterocycles. The van der Waals surface area contributed by atoms with Crippen molar-refractivity contribution in [3.8, 4) is 23.0 Å². The molecule has 0 aromatic heterocycles. The van der Waals surface area contributed by atoms with Crippen molar-refractivity contribution in [2.45, 2.75) is 141 Å². The minimum Gasteiger partial charge on any atom is -0.497 e. The van der Waals surface area contributed by atoms with Gasteiger partial charge in [0, 0.05) is 61.7 Å². The Kier molecular flexibility index (Phi) is 23.6.